The lowest BCUT2D eigenvalue weighted by Gasteiger charge is -2.32. The van der Waals surface area contributed by atoms with E-state index in [0.29, 0.717) is 24.7 Å². The van der Waals surface area contributed by atoms with E-state index in [-0.39, 0.29) is 12.1 Å². The Hall–Kier alpha value is -3.66. The van der Waals surface area contributed by atoms with Gasteiger partial charge in [0.15, 0.2) is 0 Å². The van der Waals surface area contributed by atoms with Crippen LogP contribution in [-0.2, 0) is 4.74 Å². The van der Waals surface area contributed by atoms with Crippen LogP contribution in [0.25, 0.3) is 21.3 Å². The van der Waals surface area contributed by atoms with Gasteiger partial charge in [0.05, 0.1) is 35.3 Å². The number of anilines is 1. The first-order valence-corrected chi connectivity index (χ1v) is 13.5. The van der Waals surface area contributed by atoms with Gasteiger partial charge in [0, 0.05) is 41.5 Å². The van der Waals surface area contributed by atoms with Gasteiger partial charge in [-0.1, -0.05) is 12.1 Å². The fourth-order valence-electron chi connectivity index (χ4n) is 4.35. The lowest BCUT2D eigenvalue weighted by molar-refractivity contribution is 0.0207. The van der Waals surface area contributed by atoms with E-state index in [9.17, 15) is 4.79 Å². The Balaban J connectivity index is 1.46. The summed E-state index contributed by atoms with van der Waals surface area (Å²) < 4.78 is 12.1. The second-order valence-corrected chi connectivity index (χ2v) is 11.6. The number of hydrogen-bond donors (Lipinski definition) is 2. The predicted octanol–water partition coefficient (Wildman–Crippen LogP) is 5.67. The minimum Gasteiger partial charge on any atom is -0.496 e. The zero-order chi connectivity index (χ0) is 27.4. The van der Waals surface area contributed by atoms with E-state index >= 15 is 0 Å². The average molecular weight is 537 g/mol. The minimum atomic E-state index is -0.502. The Morgan fingerprint density at radius 2 is 2.00 bits per heavy atom. The number of piperidine rings is 1. The zero-order valence-corrected chi connectivity index (χ0v) is 23.7. The van der Waals surface area contributed by atoms with Gasteiger partial charge in [0.2, 0.25) is 5.95 Å². The van der Waals surface area contributed by atoms with Crippen LogP contribution in [0.1, 0.15) is 44.1 Å². The van der Waals surface area contributed by atoms with Gasteiger partial charge in [0.1, 0.15) is 11.4 Å². The molecule has 2 aromatic heterocycles. The van der Waals surface area contributed by atoms with E-state index in [1.54, 1.807) is 29.6 Å². The predicted molar refractivity (Wildman–Crippen MR) is 154 cm³/mol. The lowest BCUT2D eigenvalue weighted by atomic mass is 10.0. The third kappa shape index (κ3) is 6.42. The van der Waals surface area contributed by atoms with Crippen molar-refractivity contribution in [1.82, 2.24) is 14.9 Å². The topological polar surface area (TPSA) is 115 Å². The van der Waals surface area contributed by atoms with E-state index in [0.717, 1.165) is 50.4 Å². The van der Waals surface area contributed by atoms with Gasteiger partial charge in [-0.25, -0.2) is 14.8 Å². The summed E-state index contributed by atoms with van der Waals surface area (Å²) in [5.41, 5.74) is 10.0. The van der Waals surface area contributed by atoms with E-state index in [1.165, 1.54) is 6.20 Å². The molecular weight excluding hydrogens is 500 g/mol. The molecule has 4 rings (SSSR count). The van der Waals surface area contributed by atoms with Crippen LogP contribution in [0.15, 0.2) is 41.3 Å². The van der Waals surface area contributed by atoms with Crippen molar-refractivity contribution in [3.63, 3.8) is 0 Å². The summed E-state index contributed by atoms with van der Waals surface area (Å²) in [6, 6.07) is 6.27. The van der Waals surface area contributed by atoms with E-state index < -0.39 is 5.60 Å². The quantitative estimate of drug-likeness (QED) is 0.390. The number of nitrogens with zero attached hydrogens (tertiary/aromatic N) is 4. The van der Waals surface area contributed by atoms with Crippen LogP contribution >= 0.6 is 11.3 Å². The highest BCUT2D eigenvalue weighted by atomic mass is 32.1. The van der Waals surface area contributed by atoms with Crippen LogP contribution in [0.4, 0.5) is 10.7 Å². The minimum absolute atomic E-state index is 0.0916. The van der Waals surface area contributed by atoms with Crippen molar-refractivity contribution < 1.29 is 14.3 Å². The van der Waals surface area contributed by atoms with E-state index in [4.69, 9.17) is 25.2 Å². The van der Waals surface area contributed by atoms with E-state index in [2.05, 4.69) is 29.4 Å². The fourth-order valence-corrected chi connectivity index (χ4v) is 5.33. The molecule has 1 aromatic carbocycles. The number of amides is 1. The van der Waals surface area contributed by atoms with Crippen LogP contribution in [0.5, 0.6) is 5.75 Å². The number of benzene rings is 1. The highest BCUT2D eigenvalue weighted by molar-refractivity contribution is 7.19. The van der Waals surface area contributed by atoms with Crippen molar-refractivity contribution in [2.24, 2.45) is 10.7 Å². The Morgan fingerprint density at radius 1 is 1.26 bits per heavy atom. The molecule has 3 N–H and O–H groups in total. The number of aromatic nitrogens is 2. The number of fused-ring (bicyclic) bond motifs is 1. The van der Waals surface area contributed by atoms with Gasteiger partial charge in [-0.15, -0.1) is 11.3 Å². The average Bonchev–Trinajstić information content (AvgIpc) is 3.20. The van der Waals surface area contributed by atoms with Gasteiger partial charge in [-0.05, 0) is 59.1 Å². The number of carbonyl (C=O) groups excluding carboxylic acids is 1. The molecule has 0 unspecified atom stereocenters. The smallest absolute Gasteiger partial charge is 0.410 e. The number of allylic oxidation sites excluding steroid dienone is 1. The second-order valence-electron chi connectivity index (χ2n) is 10.4. The molecule has 0 spiro atoms. The monoisotopic (exact) mass is 536 g/mol. The van der Waals surface area contributed by atoms with Crippen LogP contribution in [0.2, 0.25) is 0 Å². The van der Waals surface area contributed by atoms with Gasteiger partial charge in [0.25, 0.3) is 0 Å². The van der Waals surface area contributed by atoms with Gasteiger partial charge in [-0.3, -0.25) is 4.99 Å². The molecule has 10 heteroatoms. The molecule has 1 saturated heterocycles. The summed E-state index contributed by atoms with van der Waals surface area (Å²) >= 11 is 1.65. The number of nitrogens with two attached hydrogens (primary N) is 1. The summed E-state index contributed by atoms with van der Waals surface area (Å²) in [5, 5.41) is 3.19. The van der Waals surface area contributed by atoms with Crippen LogP contribution < -0.4 is 15.8 Å². The van der Waals surface area contributed by atoms with Crippen molar-refractivity contribution in [2.75, 3.05) is 25.5 Å². The van der Waals surface area contributed by atoms with Gasteiger partial charge in [-0.2, -0.15) is 0 Å². The summed E-state index contributed by atoms with van der Waals surface area (Å²) in [6.07, 6.45) is 6.23. The van der Waals surface area contributed by atoms with Gasteiger partial charge < -0.3 is 25.4 Å². The number of hydrogen-bond acceptors (Lipinski definition) is 9. The van der Waals surface area contributed by atoms with E-state index in [1.807, 2.05) is 40.0 Å². The molecule has 0 saturated carbocycles. The third-order valence-corrected chi connectivity index (χ3v) is 7.24. The van der Waals surface area contributed by atoms with Crippen LogP contribution in [0.3, 0.4) is 0 Å². The Bertz CT molecular complexity index is 1370. The Labute approximate surface area is 227 Å². The molecule has 3 heterocycles. The zero-order valence-electron chi connectivity index (χ0n) is 22.9. The van der Waals surface area contributed by atoms with Crippen molar-refractivity contribution >= 4 is 39.8 Å². The molecule has 0 bridgehead atoms. The molecule has 1 aliphatic heterocycles. The SMILES string of the molecule is COc1cc(C)ccc1-c1c(C)sc2cnc(NC(C=NC3CCN(C(=O)OC(C)(C)C)CC3)=CN)nc12. The largest absolute Gasteiger partial charge is 0.496 e. The molecule has 0 atom stereocenters. The normalized spacial score (nSPS) is 15.3. The van der Waals surface area contributed by atoms with Gasteiger partial charge >= 0.3 is 6.09 Å². The number of rotatable bonds is 6. The number of aryl methyl sites for hydroxylation is 2. The first-order chi connectivity index (χ1) is 18.1. The standard InChI is InChI=1S/C28H36N6O3S/c1-17-7-8-21(22(13-17)36-6)24-18(2)38-23-16-31-26(33-25(23)24)32-20(14-29)15-30-19-9-11-34(12-10-19)27(35)37-28(3,4)5/h7-8,13-16,19H,9-12,29H2,1-6H3,(H,31,32,33). The molecule has 3 aromatic rings. The molecule has 0 radical (unpaired) electrons. The maximum Gasteiger partial charge on any atom is 0.410 e. The molecule has 1 aliphatic rings. The molecule has 1 fully saturated rings. The maximum atomic E-state index is 12.3. The highest BCUT2D eigenvalue weighted by Gasteiger charge is 2.26. The lowest BCUT2D eigenvalue weighted by Crippen LogP contribution is -2.42. The van der Waals surface area contributed by atoms with Crippen molar-refractivity contribution in [3.8, 4) is 16.9 Å². The Morgan fingerprint density at radius 3 is 2.66 bits per heavy atom. The summed E-state index contributed by atoms with van der Waals surface area (Å²) in [4.78, 5) is 29.2. The molecular formula is C28H36N6O3S. The molecule has 1 amide bonds. The first-order valence-electron chi connectivity index (χ1n) is 12.7. The molecule has 9 nitrogen and oxygen atoms in total. The third-order valence-electron chi connectivity index (χ3n) is 6.21. The van der Waals surface area contributed by atoms with Crippen LogP contribution in [-0.4, -0.2) is 59.0 Å². The number of likely N-dealkylation sites (tertiary alicyclic amines) is 1. The van der Waals surface area contributed by atoms with Crippen molar-refractivity contribution in [2.45, 2.75) is 59.1 Å². The fraction of sp³-hybridized carbons (Fsp3) is 0.429. The Kier molecular flexibility index (Phi) is 8.20. The maximum absolute atomic E-state index is 12.3. The second kappa shape index (κ2) is 11.4. The molecule has 202 valence electrons. The number of aliphatic imine (C=N–C) groups is 1. The molecule has 0 aliphatic carbocycles. The van der Waals surface area contributed by atoms with Crippen molar-refractivity contribution in [3.05, 3.63) is 46.7 Å². The van der Waals surface area contributed by atoms with Crippen molar-refractivity contribution in [1.29, 1.82) is 0 Å². The summed E-state index contributed by atoms with van der Waals surface area (Å²) in [7, 11) is 1.68. The number of methoxy groups -OCH3 is 1. The highest BCUT2D eigenvalue weighted by Crippen LogP contribution is 2.41. The number of ether oxygens (including phenoxy) is 2. The number of carbonyl (C=O) groups is 1. The van der Waals surface area contributed by atoms with Crippen LogP contribution in [0, 0.1) is 13.8 Å². The number of nitrogens with one attached hydrogen (secondary N) is 1. The molecule has 38 heavy (non-hydrogen) atoms. The number of thiophene rings is 1. The summed E-state index contributed by atoms with van der Waals surface area (Å²) in [5.74, 6) is 1.25. The first kappa shape index (κ1) is 27.4. The summed E-state index contributed by atoms with van der Waals surface area (Å²) in [6.45, 7) is 11.0.